The van der Waals surface area contributed by atoms with Crippen LogP contribution < -0.4 is 10.2 Å². The molecule has 1 N–H and O–H groups in total. The molecule has 4 aromatic rings. The van der Waals surface area contributed by atoms with Crippen LogP contribution in [0.15, 0.2) is 49.2 Å². The van der Waals surface area contributed by atoms with Crippen LogP contribution >= 0.6 is 0 Å². The third kappa shape index (κ3) is 4.62. The molecule has 0 spiro atoms. The lowest BCUT2D eigenvalue weighted by Crippen LogP contribution is -2.43. The van der Waals surface area contributed by atoms with Crippen LogP contribution in [-0.4, -0.2) is 57.3 Å². The summed E-state index contributed by atoms with van der Waals surface area (Å²) in [6.07, 6.45) is 7.92. The van der Waals surface area contributed by atoms with Gasteiger partial charge in [-0.3, -0.25) is 9.48 Å². The Kier molecular flexibility index (Phi) is 6.42. The van der Waals surface area contributed by atoms with Crippen LogP contribution in [0, 0.1) is 12.7 Å². The quantitative estimate of drug-likeness (QED) is 0.377. The number of rotatable bonds is 6. The Hall–Kier alpha value is -3.86. The number of aromatic nitrogens is 4. The first kappa shape index (κ1) is 25.8. The number of nitrogens with zero attached hydrogens (tertiary/aromatic N) is 5. The van der Waals surface area contributed by atoms with Gasteiger partial charge in [-0.05, 0) is 50.1 Å². The van der Waals surface area contributed by atoms with Crippen LogP contribution in [-0.2, 0) is 10.3 Å². The fourth-order valence-corrected chi connectivity index (χ4v) is 4.42. The summed E-state index contributed by atoms with van der Waals surface area (Å²) in [6.45, 7) is 7.94. The molecule has 1 amide bonds. The normalized spacial score (nSPS) is 14.8. The van der Waals surface area contributed by atoms with Crippen molar-refractivity contribution in [1.82, 2.24) is 19.2 Å². The number of anilines is 2. The fraction of sp³-hybridized carbons (Fsp3) is 0.370. The molecule has 1 aromatic carbocycles. The van der Waals surface area contributed by atoms with Crippen molar-refractivity contribution in [3.05, 3.63) is 66.1 Å². The minimum absolute atomic E-state index is 0.0258. The summed E-state index contributed by atoms with van der Waals surface area (Å²) >= 11 is 0. The number of nitrogens with one attached hydrogen (secondary N) is 1. The Labute approximate surface area is 218 Å². The number of carbonyl (C=O) groups is 1. The lowest BCUT2D eigenvalue weighted by Gasteiger charge is -2.31. The van der Waals surface area contributed by atoms with E-state index >= 15 is 0 Å². The summed E-state index contributed by atoms with van der Waals surface area (Å²) < 4.78 is 51.5. The summed E-state index contributed by atoms with van der Waals surface area (Å²) in [5.74, 6) is -4.34. The predicted octanol–water partition coefficient (Wildman–Crippen LogP) is 5.12. The monoisotopic (exact) mass is 526 g/mol. The van der Waals surface area contributed by atoms with Gasteiger partial charge in [0.15, 0.2) is 5.65 Å². The predicted molar refractivity (Wildman–Crippen MR) is 138 cm³/mol. The van der Waals surface area contributed by atoms with E-state index in [1.165, 1.54) is 32.3 Å². The smallest absolute Gasteiger partial charge is 0.269 e. The molecule has 5 rings (SSSR count). The van der Waals surface area contributed by atoms with Gasteiger partial charge < -0.3 is 19.4 Å². The molecule has 1 aliphatic rings. The van der Waals surface area contributed by atoms with Crippen molar-refractivity contribution in [2.75, 3.05) is 36.5 Å². The van der Waals surface area contributed by atoms with Gasteiger partial charge in [0.05, 0.1) is 36.3 Å². The summed E-state index contributed by atoms with van der Waals surface area (Å²) in [7, 11) is 0. The van der Waals surface area contributed by atoms with Gasteiger partial charge in [0.25, 0.3) is 11.8 Å². The Bertz CT molecular complexity index is 1500. The van der Waals surface area contributed by atoms with Gasteiger partial charge in [0.2, 0.25) is 0 Å². The molecule has 4 heterocycles. The average molecular weight is 527 g/mol. The molecule has 3 aromatic heterocycles. The van der Waals surface area contributed by atoms with Crippen molar-refractivity contribution in [2.24, 2.45) is 0 Å². The van der Waals surface area contributed by atoms with Gasteiger partial charge in [0.1, 0.15) is 11.4 Å². The first-order valence-electron chi connectivity index (χ1n) is 12.3. The fourth-order valence-electron chi connectivity index (χ4n) is 4.42. The van der Waals surface area contributed by atoms with Crippen LogP contribution in [0.3, 0.4) is 0 Å². The highest BCUT2D eigenvalue weighted by atomic mass is 19.3. The standard InChI is InChI=1S/C27H29F3N6O2/c1-17-11-21(28)22(33-25(37)19-14-32-36(16-19)26(2,3)27(4,29)30)13-20(17)18-12-23(34-7-9-38-10-8-34)24-31-5-6-35(24)15-18/h5-6,11-16H,7-10H2,1-4H3,(H,33,37). The van der Waals surface area contributed by atoms with E-state index < -0.39 is 23.2 Å². The molecule has 0 atom stereocenters. The van der Waals surface area contributed by atoms with Crippen LogP contribution in [0.4, 0.5) is 24.5 Å². The van der Waals surface area contributed by atoms with Crippen molar-refractivity contribution in [3.8, 4) is 11.1 Å². The number of fused-ring (bicyclic) bond motifs is 1. The van der Waals surface area contributed by atoms with E-state index in [-0.39, 0.29) is 11.3 Å². The molecule has 11 heteroatoms. The summed E-state index contributed by atoms with van der Waals surface area (Å²) in [6, 6.07) is 4.95. The third-order valence-electron chi connectivity index (χ3n) is 7.18. The highest BCUT2D eigenvalue weighted by Crippen LogP contribution is 2.35. The summed E-state index contributed by atoms with van der Waals surface area (Å²) in [4.78, 5) is 19.6. The number of hydrogen-bond donors (Lipinski definition) is 1. The average Bonchev–Trinajstić information content (AvgIpc) is 3.55. The van der Waals surface area contributed by atoms with Gasteiger partial charge in [-0.25, -0.2) is 18.2 Å². The lowest BCUT2D eigenvalue weighted by molar-refractivity contribution is -0.0844. The van der Waals surface area contributed by atoms with Gasteiger partial charge in [0, 0.05) is 50.4 Å². The zero-order valence-corrected chi connectivity index (χ0v) is 21.6. The molecule has 1 aliphatic heterocycles. The van der Waals surface area contributed by atoms with E-state index in [4.69, 9.17) is 4.74 Å². The van der Waals surface area contributed by atoms with Crippen molar-refractivity contribution in [1.29, 1.82) is 0 Å². The van der Waals surface area contributed by atoms with Gasteiger partial charge in [-0.1, -0.05) is 0 Å². The molecule has 0 aliphatic carbocycles. The Morgan fingerprint density at radius 2 is 1.84 bits per heavy atom. The van der Waals surface area contributed by atoms with Crippen LogP contribution in [0.2, 0.25) is 0 Å². The highest BCUT2D eigenvalue weighted by molar-refractivity contribution is 6.04. The lowest BCUT2D eigenvalue weighted by atomic mass is 9.98. The minimum atomic E-state index is -3.08. The maximum atomic E-state index is 15.0. The van der Waals surface area contributed by atoms with E-state index in [2.05, 4.69) is 20.3 Å². The molecular weight excluding hydrogens is 497 g/mol. The Morgan fingerprint density at radius 3 is 2.55 bits per heavy atom. The van der Waals surface area contributed by atoms with Crippen molar-refractivity contribution in [2.45, 2.75) is 39.2 Å². The van der Waals surface area contributed by atoms with Crippen molar-refractivity contribution in [3.63, 3.8) is 0 Å². The Balaban J connectivity index is 1.48. The van der Waals surface area contributed by atoms with E-state index in [9.17, 15) is 18.0 Å². The molecule has 0 radical (unpaired) electrons. The van der Waals surface area contributed by atoms with Crippen LogP contribution in [0.1, 0.15) is 36.7 Å². The van der Waals surface area contributed by atoms with E-state index in [0.717, 1.165) is 47.2 Å². The number of hydrogen-bond acceptors (Lipinski definition) is 5. The molecule has 8 nitrogen and oxygen atoms in total. The largest absolute Gasteiger partial charge is 0.378 e. The second kappa shape index (κ2) is 9.46. The molecule has 200 valence electrons. The van der Waals surface area contributed by atoms with E-state index in [1.807, 2.05) is 22.9 Å². The number of aryl methyl sites for hydroxylation is 1. The third-order valence-corrected chi connectivity index (χ3v) is 7.18. The number of imidazole rings is 1. The SMILES string of the molecule is Cc1cc(F)c(NC(=O)c2cnn(C(C)(C)C(C)(F)F)c2)cc1-c1cc(N2CCOCC2)c2nccn2c1. The van der Waals surface area contributed by atoms with E-state index in [1.54, 1.807) is 19.2 Å². The van der Waals surface area contributed by atoms with Crippen molar-refractivity contribution >= 4 is 22.9 Å². The maximum Gasteiger partial charge on any atom is 0.269 e. The molecule has 0 unspecified atom stereocenters. The number of halogens is 3. The molecule has 1 saturated heterocycles. The second-order valence-corrected chi connectivity index (χ2v) is 10.1. The molecule has 38 heavy (non-hydrogen) atoms. The van der Waals surface area contributed by atoms with Crippen molar-refractivity contribution < 1.29 is 22.7 Å². The molecule has 0 bridgehead atoms. The second-order valence-electron chi connectivity index (χ2n) is 10.1. The number of benzene rings is 1. The first-order chi connectivity index (χ1) is 18.0. The van der Waals surface area contributed by atoms with E-state index in [0.29, 0.717) is 18.8 Å². The number of alkyl halides is 2. The highest BCUT2D eigenvalue weighted by Gasteiger charge is 2.44. The van der Waals surface area contributed by atoms with Gasteiger partial charge in [-0.2, -0.15) is 5.10 Å². The molecule has 1 fully saturated rings. The maximum absolute atomic E-state index is 15.0. The number of amides is 1. The number of pyridine rings is 1. The zero-order chi connectivity index (χ0) is 27.2. The Morgan fingerprint density at radius 1 is 1.11 bits per heavy atom. The number of morpholine rings is 1. The topological polar surface area (TPSA) is 76.7 Å². The van der Waals surface area contributed by atoms with Crippen LogP contribution in [0.5, 0.6) is 0 Å². The molecule has 0 saturated carbocycles. The van der Waals surface area contributed by atoms with Gasteiger partial charge in [-0.15, -0.1) is 0 Å². The summed E-state index contributed by atoms with van der Waals surface area (Å²) in [5.41, 5.74) is 2.35. The van der Waals surface area contributed by atoms with Gasteiger partial charge >= 0.3 is 0 Å². The number of ether oxygens (including phenoxy) is 1. The van der Waals surface area contributed by atoms with Crippen LogP contribution in [0.25, 0.3) is 16.8 Å². The molecular formula is C27H29F3N6O2. The first-order valence-corrected chi connectivity index (χ1v) is 12.3. The zero-order valence-electron chi connectivity index (χ0n) is 21.6. The minimum Gasteiger partial charge on any atom is -0.378 e. The number of carbonyl (C=O) groups excluding carboxylic acids is 1. The summed E-state index contributed by atoms with van der Waals surface area (Å²) in [5, 5.41) is 6.53.